The highest BCUT2D eigenvalue weighted by Crippen LogP contribution is 2.35. The van der Waals surface area contributed by atoms with E-state index in [1.165, 1.54) is 6.07 Å². The van der Waals surface area contributed by atoms with Crippen molar-refractivity contribution < 1.29 is 19.4 Å². The number of rotatable bonds is 8. The summed E-state index contributed by atoms with van der Waals surface area (Å²) < 4.78 is 13.1. The van der Waals surface area contributed by atoms with Gasteiger partial charge in [0.15, 0.2) is 5.82 Å². The Balaban J connectivity index is 1.74. The van der Waals surface area contributed by atoms with Crippen molar-refractivity contribution in [1.82, 2.24) is 14.8 Å². The van der Waals surface area contributed by atoms with Crippen LogP contribution < -0.4 is 10.5 Å². The molecule has 0 spiro atoms. The molecule has 0 radical (unpaired) electrons. The second-order valence-electron chi connectivity index (χ2n) is 6.62. The Morgan fingerprint density at radius 3 is 2.77 bits per heavy atom. The quantitative estimate of drug-likeness (QED) is 0.737. The fourth-order valence-corrected chi connectivity index (χ4v) is 3.14. The lowest BCUT2D eigenvalue weighted by Crippen LogP contribution is -2.36. The van der Waals surface area contributed by atoms with Gasteiger partial charge in [0, 0.05) is 25.6 Å². The Bertz CT molecular complexity index is 783. The molecule has 1 aromatic carbocycles. The monoisotopic (exact) mass is 360 g/mol. The molecule has 0 unspecified atom stereocenters. The Morgan fingerprint density at radius 2 is 2.15 bits per heavy atom. The van der Waals surface area contributed by atoms with Gasteiger partial charge in [-0.3, -0.25) is 0 Å². The van der Waals surface area contributed by atoms with Crippen molar-refractivity contribution >= 4 is 5.97 Å². The van der Waals surface area contributed by atoms with Gasteiger partial charge in [0.2, 0.25) is 0 Å². The molecule has 1 aliphatic carbocycles. The van der Waals surface area contributed by atoms with Gasteiger partial charge in [0.1, 0.15) is 18.2 Å². The average molecular weight is 360 g/mol. The van der Waals surface area contributed by atoms with Crippen molar-refractivity contribution in [2.45, 2.75) is 44.9 Å². The summed E-state index contributed by atoms with van der Waals surface area (Å²) in [5.41, 5.74) is 6.90. The first-order chi connectivity index (χ1) is 12.5. The highest BCUT2D eigenvalue weighted by Gasteiger charge is 2.32. The van der Waals surface area contributed by atoms with Crippen LogP contribution in [0.5, 0.6) is 5.75 Å². The zero-order chi connectivity index (χ0) is 18.7. The van der Waals surface area contributed by atoms with E-state index in [0.717, 1.165) is 30.1 Å². The van der Waals surface area contributed by atoms with E-state index in [9.17, 15) is 4.79 Å². The Hall–Kier alpha value is -2.45. The Labute approximate surface area is 151 Å². The molecule has 1 aromatic heterocycles. The number of ether oxygens (including phenoxy) is 2. The molecule has 3 rings (SSSR count). The maximum absolute atomic E-state index is 11.0. The number of nitrogens with zero attached hydrogens (tertiary/aromatic N) is 3. The summed E-state index contributed by atoms with van der Waals surface area (Å²) in [4.78, 5) is 11.0. The van der Waals surface area contributed by atoms with Gasteiger partial charge in [-0.05, 0) is 43.5 Å². The number of nitrogens with two attached hydrogens (primary N) is 1. The first-order valence-corrected chi connectivity index (χ1v) is 8.62. The van der Waals surface area contributed by atoms with Gasteiger partial charge < -0.3 is 24.9 Å². The second-order valence-corrected chi connectivity index (χ2v) is 6.62. The highest BCUT2D eigenvalue weighted by atomic mass is 16.5. The van der Waals surface area contributed by atoms with Crippen LogP contribution in [0.3, 0.4) is 0 Å². The van der Waals surface area contributed by atoms with Gasteiger partial charge in [0.25, 0.3) is 0 Å². The number of hydrogen-bond donors (Lipinski definition) is 2. The van der Waals surface area contributed by atoms with Crippen LogP contribution in [0.4, 0.5) is 0 Å². The smallest absolute Gasteiger partial charge is 0.335 e. The van der Waals surface area contributed by atoms with Crippen LogP contribution in [0, 0.1) is 6.92 Å². The predicted octanol–water partition coefficient (Wildman–Crippen LogP) is 1.71. The molecule has 1 aliphatic rings. The van der Waals surface area contributed by atoms with Crippen LogP contribution in [0.25, 0.3) is 0 Å². The number of carboxylic acid groups (broad SMARTS) is 1. The summed E-state index contributed by atoms with van der Waals surface area (Å²) in [6, 6.07) is 5.03. The molecule has 0 saturated heterocycles. The number of carbonyl (C=O) groups is 1. The molecule has 1 heterocycles. The predicted molar refractivity (Wildman–Crippen MR) is 94.3 cm³/mol. The van der Waals surface area contributed by atoms with E-state index in [1.54, 1.807) is 19.2 Å². The number of aromatic carboxylic acids is 1. The minimum absolute atomic E-state index is 0.238. The van der Waals surface area contributed by atoms with Crippen molar-refractivity contribution in [1.29, 1.82) is 0 Å². The van der Waals surface area contributed by atoms with E-state index in [1.807, 2.05) is 11.5 Å². The second kappa shape index (κ2) is 7.84. The van der Waals surface area contributed by atoms with Gasteiger partial charge >= 0.3 is 5.97 Å². The zero-order valence-electron chi connectivity index (χ0n) is 15.0. The van der Waals surface area contributed by atoms with E-state index in [-0.39, 0.29) is 18.2 Å². The van der Waals surface area contributed by atoms with Gasteiger partial charge in [-0.15, -0.1) is 10.2 Å². The molecular formula is C18H24N4O4. The normalized spacial score (nSPS) is 19.2. The molecule has 0 aliphatic heterocycles. The maximum atomic E-state index is 11.0. The Kier molecular flexibility index (Phi) is 5.53. The third kappa shape index (κ3) is 3.86. The maximum Gasteiger partial charge on any atom is 0.335 e. The number of aromatic nitrogens is 3. The average Bonchev–Trinajstić information content (AvgIpc) is 2.98. The molecule has 8 nitrogen and oxygen atoms in total. The van der Waals surface area contributed by atoms with Crippen LogP contribution in [0.15, 0.2) is 18.2 Å². The summed E-state index contributed by atoms with van der Waals surface area (Å²) >= 11 is 0. The van der Waals surface area contributed by atoms with E-state index < -0.39 is 5.97 Å². The van der Waals surface area contributed by atoms with E-state index in [0.29, 0.717) is 24.8 Å². The zero-order valence-corrected chi connectivity index (χ0v) is 15.0. The van der Waals surface area contributed by atoms with Gasteiger partial charge in [-0.25, -0.2) is 4.79 Å². The van der Waals surface area contributed by atoms with Crippen LogP contribution in [-0.2, 0) is 17.9 Å². The summed E-state index contributed by atoms with van der Waals surface area (Å²) in [7, 11) is 1.66. The van der Waals surface area contributed by atoms with E-state index >= 15 is 0 Å². The lowest BCUT2D eigenvalue weighted by molar-refractivity contribution is 0.0696. The van der Waals surface area contributed by atoms with Gasteiger partial charge in [-0.1, -0.05) is 0 Å². The van der Waals surface area contributed by atoms with Crippen molar-refractivity contribution in [2.24, 2.45) is 5.73 Å². The minimum Gasteiger partial charge on any atom is -0.485 e. The van der Waals surface area contributed by atoms with Crippen LogP contribution in [0.1, 0.15) is 46.3 Å². The van der Waals surface area contributed by atoms with Crippen LogP contribution >= 0.6 is 0 Å². The van der Waals surface area contributed by atoms with Crippen molar-refractivity contribution in [3.05, 3.63) is 41.0 Å². The van der Waals surface area contributed by atoms with E-state index in [4.69, 9.17) is 20.3 Å². The molecule has 2 aromatic rings. The molecule has 0 amide bonds. The minimum atomic E-state index is -0.956. The van der Waals surface area contributed by atoms with E-state index in [2.05, 4.69) is 10.2 Å². The largest absolute Gasteiger partial charge is 0.485 e. The van der Waals surface area contributed by atoms with Crippen molar-refractivity contribution in [3.8, 4) is 5.75 Å². The first-order valence-electron chi connectivity index (χ1n) is 8.62. The summed E-state index contributed by atoms with van der Waals surface area (Å²) in [6.07, 6.45) is 1.84. The molecule has 0 atom stereocenters. The summed E-state index contributed by atoms with van der Waals surface area (Å²) in [6.45, 7) is 3.28. The third-order valence-corrected chi connectivity index (χ3v) is 4.69. The molecule has 26 heavy (non-hydrogen) atoms. The molecule has 3 N–H and O–H groups in total. The molecule has 140 valence electrons. The molecule has 1 saturated carbocycles. The number of benzene rings is 1. The van der Waals surface area contributed by atoms with Gasteiger partial charge in [-0.2, -0.15) is 0 Å². The first kappa shape index (κ1) is 18.3. The number of aryl methyl sites for hydroxylation is 1. The van der Waals surface area contributed by atoms with Crippen LogP contribution in [0.2, 0.25) is 0 Å². The molecule has 0 bridgehead atoms. The lowest BCUT2D eigenvalue weighted by Gasteiger charge is -2.31. The SMILES string of the molecule is COCCn1c(COc2ccc(C(=O)O)cc2C)nnc1C1CC(N)C1. The summed E-state index contributed by atoms with van der Waals surface area (Å²) in [5.74, 6) is 1.66. The number of hydrogen-bond acceptors (Lipinski definition) is 6. The fraction of sp³-hybridized carbons (Fsp3) is 0.500. The summed E-state index contributed by atoms with van der Waals surface area (Å²) in [5, 5.41) is 17.7. The van der Waals surface area contributed by atoms with Crippen molar-refractivity contribution in [2.75, 3.05) is 13.7 Å². The van der Waals surface area contributed by atoms with Crippen molar-refractivity contribution in [3.63, 3.8) is 0 Å². The number of methoxy groups -OCH3 is 1. The highest BCUT2D eigenvalue weighted by molar-refractivity contribution is 5.88. The fourth-order valence-electron chi connectivity index (χ4n) is 3.14. The van der Waals surface area contributed by atoms with Crippen LogP contribution in [-0.4, -0.2) is 45.6 Å². The Morgan fingerprint density at radius 1 is 1.38 bits per heavy atom. The molecular weight excluding hydrogens is 336 g/mol. The lowest BCUT2D eigenvalue weighted by atomic mass is 9.80. The molecule has 1 fully saturated rings. The van der Waals surface area contributed by atoms with Gasteiger partial charge in [0.05, 0.1) is 12.2 Å². The topological polar surface area (TPSA) is 112 Å². The number of carboxylic acids is 1. The third-order valence-electron chi connectivity index (χ3n) is 4.69. The standard InChI is InChI=1S/C18H24N4O4/c1-11-7-12(18(23)24)3-4-15(11)26-10-16-20-21-17(13-8-14(19)9-13)22(16)5-6-25-2/h3-4,7,13-14H,5-6,8-10,19H2,1-2H3,(H,23,24). The molecule has 8 heteroatoms.